The fraction of sp³-hybridized carbons (Fsp3) is 0.222. The Kier molecular flexibility index (Phi) is 4.47. The van der Waals surface area contributed by atoms with Gasteiger partial charge in [-0.15, -0.1) is 11.6 Å². The summed E-state index contributed by atoms with van der Waals surface area (Å²) in [6.07, 6.45) is 0.0742. The van der Waals surface area contributed by atoms with E-state index < -0.39 is 17.5 Å². The number of anilines is 1. The highest BCUT2D eigenvalue weighted by Crippen LogP contribution is 2.26. The van der Waals surface area contributed by atoms with Crippen molar-refractivity contribution < 1.29 is 13.6 Å². The van der Waals surface area contributed by atoms with E-state index in [1.54, 1.807) is 0 Å². The third-order valence-electron chi connectivity index (χ3n) is 1.59. The lowest BCUT2D eigenvalue weighted by atomic mass is 10.3. The third kappa shape index (κ3) is 3.43. The van der Waals surface area contributed by atoms with E-state index in [9.17, 15) is 13.6 Å². The molecule has 0 fully saturated rings. The van der Waals surface area contributed by atoms with Crippen LogP contribution in [0.4, 0.5) is 14.5 Å². The van der Waals surface area contributed by atoms with Crippen LogP contribution in [-0.4, -0.2) is 11.8 Å². The van der Waals surface area contributed by atoms with Gasteiger partial charge in [0, 0.05) is 22.8 Å². The largest absolute Gasteiger partial charge is 0.323 e. The molecule has 0 aliphatic carbocycles. The predicted molar refractivity (Wildman–Crippen MR) is 58.0 cm³/mol. The van der Waals surface area contributed by atoms with Crippen molar-refractivity contribution in [3.63, 3.8) is 0 Å². The molecule has 0 atom stereocenters. The van der Waals surface area contributed by atoms with Crippen molar-refractivity contribution in [2.24, 2.45) is 0 Å². The molecule has 0 unspecified atom stereocenters. The van der Waals surface area contributed by atoms with Crippen LogP contribution in [0.2, 0.25) is 0 Å². The molecule has 1 aromatic carbocycles. The van der Waals surface area contributed by atoms with E-state index >= 15 is 0 Å². The van der Waals surface area contributed by atoms with Gasteiger partial charge in [-0.2, -0.15) is 0 Å². The Balaban J connectivity index is 2.90. The second-order valence-corrected chi connectivity index (χ2v) is 3.96. The second-order valence-electron chi connectivity index (χ2n) is 2.73. The molecule has 1 aromatic rings. The van der Waals surface area contributed by atoms with Gasteiger partial charge in [-0.25, -0.2) is 8.78 Å². The van der Waals surface area contributed by atoms with E-state index in [1.807, 2.05) is 0 Å². The zero-order chi connectivity index (χ0) is 11.4. The first-order valence-corrected chi connectivity index (χ1v) is 5.37. The Morgan fingerprint density at radius 2 is 2.13 bits per heavy atom. The van der Waals surface area contributed by atoms with Crippen LogP contribution in [0.15, 0.2) is 16.6 Å². The monoisotopic (exact) mass is 297 g/mol. The fourth-order valence-corrected chi connectivity index (χ4v) is 1.63. The number of carbonyl (C=O) groups excluding carboxylic acids is 1. The van der Waals surface area contributed by atoms with E-state index in [0.29, 0.717) is 6.07 Å². The number of hydrogen-bond donors (Lipinski definition) is 1. The van der Waals surface area contributed by atoms with Gasteiger partial charge in [-0.05, 0) is 22.0 Å². The molecule has 1 rings (SSSR count). The lowest BCUT2D eigenvalue weighted by Gasteiger charge is -2.07. The van der Waals surface area contributed by atoms with Gasteiger partial charge in [0.2, 0.25) is 5.91 Å². The Labute approximate surface area is 98.7 Å². The zero-order valence-electron chi connectivity index (χ0n) is 7.49. The quantitative estimate of drug-likeness (QED) is 0.852. The van der Waals surface area contributed by atoms with Crippen LogP contribution in [0.25, 0.3) is 0 Å². The van der Waals surface area contributed by atoms with Crippen LogP contribution in [0, 0.1) is 11.6 Å². The lowest BCUT2D eigenvalue weighted by molar-refractivity contribution is -0.115. The van der Waals surface area contributed by atoms with E-state index in [1.165, 1.54) is 0 Å². The molecule has 0 bridgehead atoms. The van der Waals surface area contributed by atoms with E-state index in [-0.39, 0.29) is 22.5 Å². The Hall–Kier alpha value is -0.680. The summed E-state index contributed by atoms with van der Waals surface area (Å²) >= 11 is 8.29. The number of hydrogen-bond acceptors (Lipinski definition) is 1. The number of rotatable bonds is 3. The topological polar surface area (TPSA) is 29.1 Å². The first kappa shape index (κ1) is 12.4. The SMILES string of the molecule is O=C(CCCl)Nc1c(F)cc(F)cc1Br. The van der Waals surface area contributed by atoms with Gasteiger partial charge in [0.1, 0.15) is 5.82 Å². The summed E-state index contributed by atoms with van der Waals surface area (Å²) in [4.78, 5) is 11.1. The average molecular weight is 299 g/mol. The van der Waals surface area contributed by atoms with E-state index in [0.717, 1.165) is 6.07 Å². The van der Waals surface area contributed by atoms with E-state index in [2.05, 4.69) is 21.2 Å². The predicted octanol–water partition coefficient (Wildman–Crippen LogP) is 3.29. The Morgan fingerprint density at radius 3 is 2.67 bits per heavy atom. The number of halogens is 4. The highest BCUT2D eigenvalue weighted by atomic mass is 79.9. The van der Waals surface area contributed by atoms with Crippen molar-refractivity contribution in [1.29, 1.82) is 0 Å². The zero-order valence-corrected chi connectivity index (χ0v) is 9.83. The molecular formula is C9H7BrClF2NO. The van der Waals surface area contributed by atoms with Crippen molar-refractivity contribution in [2.75, 3.05) is 11.2 Å². The van der Waals surface area contributed by atoms with Crippen LogP contribution in [-0.2, 0) is 4.79 Å². The minimum absolute atomic E-state index is 0.0742. The first-order chi connectivity index (χ1) is 7.04. The Morgan fingerprint density at radius 1 is 1.47 bits per heavy atom. The minimum atomic E-state index is -0.829. The molecule has 0 aromatic heterocycles. The summed E-state index contributed by atoms with van der Waals surface area (Å²) < 4.78 is 26.0. The maximum atomic E-state index is 13.2. The third-order valence-corrected chi connectivity index (χ3v) is 2.41. The lowest BCUT2D eigenvalue weighted by Crippen LogP contribution is -2.13. The van der Waals surface area contributed by atoms with Gasteiger partial charge in [0.05, 0.1) is 5.69 Å². The normalized spacial score (nSPS) is 10.1. The maximum Gasteiger partial charge on any atom is 0.225 e. The van der Waals surface area contributed by atoms with Crippen LogP contribution < -0.4 is 5.32 Å². The first-order valence-electron chi connectivity index (χ1n) is 4.05. The molecule has 0 saturated carbocycles. The highest BCUT2D eigenvalue weighted by Gasteiger charge is 2.12. The van der Waals surface area contributed by atoms with Crippen molar-refractivity contribution >= 4 is 39.1 Å². The molecule has 0 saturated heterocycles. The molecule has 0 aliphatic rings. The molecule has 1 N–H and O–H groups in total. The summed E-state index contributed by atoms with van der Waals surface area (Å²) in [7, 11) is 0. The van der Waals surface area contributed by atoms with Crippen LogP contribution in [0.3, 0.4) is 0 Å². The highest BCUT2D eigenvalue weighted by molar-refractivity contribution is 9.10. The van der Waals surface area contributed by atoms with Crippen molar-refractivity contribution in [1.82, 2.24) is 0 Å². The van der Waals surface area contributed by atoms with Crippen molar-refractivity contribution in [3.8, 4) is 0 Å². The molecule has 15 heavy (non-hydrogen) atoms. The molecule has 0 aliphatic heterocycles. The maximum absolute atomic E-state index is 13.2. The molecule has 82 valence electrons. The molecule has 1 amide bonds. The number of alkyl halides is 1. The standard InChI is InChI=1S/C9H7BrClF2NO/c10-6-3-5(12)4-7(13)9(6)14-8(15)1-2-11/h3-4H,1-2H2,(H,14,15). The van der Waals surface area contributed by atoms with Gasteiger partial charge in [0.15, 0.2) is 5.82 Å². The van der Waals surface area contributed by atoms with Crippen molar-refractivity contribution in [3.05, 3.63) is 28.2 Å². The smallest absolute Gasteiger partial charge is 0.225 e. The number of benzene rings is 1. The molecule has 2 nitrogen and oxygen atoms in total. The average Bonchev–Trinajstić information content (AvgIpc) is 2.11. The molecule has 0 heterocycles. The Bertz CT molecular complexity index is 363. The summed E-state index contributed by atoms with van der Waals surface area (Å²) in [5.41, 5.74) is -0.0773. The van der Waals surface area contributed by atoms with Gasteiger partial charge in [0.25, 0.3) is 0 Å². The van der Waals surface area contributed by atoms with Crippen molar-refractivity contribution in [2.45, 2.75) is 6.42 Å². The second kappa shape index (κ2) is 5.42. The number of nitrogens with one attached hydrogen (secondary N) is 1. The summed E-state index contributed by atoms with van der Waals surface area (Å²) in [5.74, 6) is -1.82. The van der Waals surface area contributed by atoms with Gasteiger partial charge in [-0.3, -0.25) is 4.79 Å². The van der Waals surface area contributed by atoms with Crippen LogP contribution in [0.5, 0.6) is 0 Å². The number of amides is 1. The molecule has 0 radical (unpaired) electrons. The summed E-state index contributed by atoms with van der Waals surface area (Å²) in [6, 6.07) is 1.76. The number of carbonyl (C=O) groups is 1. The van der Waals surface area contributed by atoms with Gasteiger partial charge < -0.3 is 5.32 Å². The van der Waals surface area contributed by atoms with Crippen LogP contribution >= 0.6 is 27.5 Å². The molecule has 0 spiro atoms. The van der Waals surface area contributed by atoms with Gasteiger partial charge in [-0.1, -0.05) is 0 Å². The summed E-state index contributed by atoms with van der Waals surface area (Å²) in [6.45, 7) is 0. The van der Waals surface area contributed by atoms with E-state index in [4.69, 9.17) is 11.6 Å². The molecular weight excluding hydrogens is 291 g/mol. The molecule has 6 heteroatoms. The fourth-order valence-electron chi connectivity index (χ4n) is 0.949. The van der Waals surface area contributed by atoms with Crippen LogP contribution in [0.1, 0.15) is 6.42 Å². The van der Waals surface area contributed by atoms with Gasteiger partial charge >= 0.3 is 0 Å². The summed E-state index contributed by atoms with van der Waals surface area (Å²) in [5, 5.41) is 2.29. The minimum Gasteiger partial charge on any atom is -0.323 e.